The third kappa shape index (κ3) is 3.31. The largest absolute Gasteiger partial charge is 0.280 e. The SMILES string of the molecule is Cc1ccc(C2CC2c2nc3c4sc5nc(C(F)F)cc(-c6ccccc6)c5c4ncn3n2)cc1. The Morgan fingerprint density at radius 2 is 1.80 bits per heavy atom. The molecule has 1 aliphatic carbocycles. The molecule has 4 aromatic heterocycles. The van der Waals surface area contributed by atoms with Crippen LogP contribution >= 0.6 is 11.3 Å². The summed E-state index contributed by atoms with van der Waals surface area (Å²) in [6, 6.07) is 19.6. The zero-order chi connectivity index (χ0) is 23.7. The van der Waals surface area contributed by atoms with E-state index in [0.29, 0.717) is 22.0 Å². The van der Waals surface area contributed by atoms with Gasteiger partial charge in [0.05, 0.1) is 5.52 Å². The molecule has 4 heterocycles. The van der Waals surface area contributed by atoms with Gasteiger partial charge >= 0.3 is 0 Å². The molecule has 0 N–H and O–H groups in total. The Hall–Kier alpha value is -3.78. The molecule has 0 aliphatic heterocycles. The smallest absolute Gasteiger partial charge is 0.236 e. The van der Waals surface area contributed by atoms with Gasteiger partial charge in [-0.1, -0.05) is 60.2 Å². The van der Waals surface area contributed by atoms with Gasteiger partial charge in [0.25, 0.3) is 6.43 Å². The molecule has 0 saturated heterocycles. The van der Waals surface area contributed by atoms with E-state index in [0.717, 1.165) is 33.4 Å². The molecule has 5 nitrogen and oxygen atoms in total. The number of aromatic nitrogens is 5. The molecule has 1 aliphatic rings. The van der Waals surface area contributed by atoms with Crippen LogP contribution in [0.2, 0.25) is 0 Å². The number of nitrogens with zero attached hydrogens (tertiary/aromatic N) is 5. The van der Waals surface area contributed by atoms with Crippen LogP contribution in [0.15, 0.2) is 67.0 Å². The Bertz CT molecular complexity index is 1720. The maximum Gasteiger partial charge on any atom is 0.280 e. The predicted octanol–water partition coefficient (Wildman–Crippen LogP) is 7.07. The number of benzene rings is 2. The lowest BCUT2D eigenvalue weighted by Gasteiger charge is -2.07. The van der Waals surface area contributed by atoms with Crippen LogP contribution in [-0.4, -0.2) is 24.6 Å². The summed E-state index contributed by atoms with van der Waals surface area (Å²) in [5.41, 5.74) is 5.28. The van der Waals surface area contributed by atoms with Crippen molar-refractivity contribution in [2.24, 2.45) is 0 Å². The molecule has 35 heavy (non-hydrogen) atoms. The molecule has 172 valence electrons. The quantitative estimate of drug-likeness (QED) is 0.269. The minimum atomic E-state index is -2.66. The second-order valence-corrected chi connectivity index (χ2v) is 10.1. The fourth-order valence-corrected chi connectivity index (χ4v) is 5.98. The maximum atomic E-state index is 13.7. The molecular formula is C27H19F2N5S. The third-order valence-corrected chi connectivity index (χ3v) is 7.81. The summed E-state index contributed by atoms with van der Waals surface area (Å²) in [4.78, 5) is 14.4. The second-order valence-electron chi connectivity index (χ2n) is 9.06. The van der Waals surface area contributed by atoms with Gasteiger partial charge in [0.15, 0.2) is 11.5 Å². The Morgan fingerprint density at radius 3 is 2.57 bits per heavy atom. The van der Waals surface area contributed by atoms with E-state index in [4.69, 9.17) is 10.1 Å². The van der Waals surface area contributed by atoms with Crippen LogP contribution in [0.3, 0.4) is 0 Å². The number of halogens is 2. The lowest BCUT2D eigenvalue weighted by molar-refractivity contribution is 0.146. The first-order valence-electron chi connectivity index (χ1n) is 11.5. The van der Waals surface area contributed by atoms with E-state index in [1.54, 1.807) is 10.8 Å². The van der Waals surface area contributed by atoms with Gasteiger partial charge in [0.2, 0.25) is 0 Å². The topological polar surface area (TPSA) is 56.0 Å². The average Bonchev–Trinajstić information content (AvgIpc) is 3.39. The summed E-state index contributed by atoms with van der Waals surface area (Å²) in [5.74, 6) is 1.48. The fourth-order valence-electron chi connectivity index (χ4n) is 4.84. The lowest BCUT2D eigenvalue weighted by atomic mass is 10.0. The van der Waals surface area contributed by atoms with Crippen LogP contribution in [0.25, 0.3) is 37.2 Å². The fraction of sp³-hybridized carbons (Fsp3) is 0.185. The molecule has 7 rings (SSSR count). The Kier molecular flexibility index (Phi) is 4.48. The zero-order valence-electron chi connectivity index (χ0n) is 18.7. The number of alkyl halides is 2. The molecule has 1 fully saturated rings. The summed E-state index contributed by atoms with van der Waals surface area (Å²) in [6.07, 6.45) is 0.0214. The van der Waals surface area contributed by atoms with Crippen LogP contribution < -0.4 is 0 Å². The molecule has 2 atom stereocenters. The standard InChI is InChI=1S/C27H19F2N5S/c1-14-7-9-16(10-8-14)17-11-19(17)25-32-26-23-22(30-13-34(26)33-25)21-18(15-5-3-2-4-6-15)12-20(24(28)29)31-27(21)35-23/h2-10,12-13,17,19,24H,11H2,1H3. The molecule has 0 bridgehead atoms. The van der Waals surface area contributed by atoms with Crippen molar-refractivity contribution >= 4 is 37.4 Å². The Labute approximate surface area is 203 Å². The highest BCUT2D eigenvalue weighted by molar-refractivity contribution is 7.26. The number of thiophene rings is 1. The van der Waals surface area contributed by atoms with Crippen molar-refractivity contribution in [1.82, 2.24) is 24.6 Å². The molecular weight excluding hydrogens is 464 g/mol. The van der Waals surface area contributed by atoms with Crippen LogP contribution in [-0.2, 0) is 0 Å². The van der Waals surface area contributed by atoms with Crippen molar-refractivity contribution in [3.05, 3.63) is 89.6 Å². The van der Waals surface area contributed by atoms with Crippen molar-refractivity contribution in [1.29, 1.82) is 0 Å². The number of rotatable bonds is 4. The predicted molar refractivity (Wildman–Crippen MR) is 133 cm³/mol. The number of hydrogen-bond acceptors (Lipinski definition) is 5. The Morgan fingerprint density at radius 1 is 1.00 bits per heavy atom. The van der Waals surface area contributed by atoms with Gasteiger partial charge in [-0.05, 0) is 42.0 Å². The van der Waals surface area contributed by atoms with Gasteiger partial charge < -0.3 is 0 Å². The molecule has 8 heteroatoms. The summed E-state index contributed by atoms with van der Waals surface area (Å²) in [7, 11) is 0. The van der Waals surface area contributed by atoms with Crippen molar-refractivity contribution in [2.75, 3.05) is 0 Å². The lowest BCUT2D eigenvalue weighted by Crippen LogP contribution is -1.93. The number of fused-ring (bicyclic) bond motifs is 5. The number of aryl methyl sites for hydroxylation is 1. The molecule has 2 aromatic carbocycles. The van der Waals surface area contributed by atoms with E-state index in [9.17, 15) is 8.78 Å². The van der Waals surface area contributed by atoms with E-state index >= 15 is 0 Å². The highest BCUT2D eigenvalue weighted by Crippen LogP contribution is 2.54. The minimum absolute atomic E-state index is 0.236. The molecule has 0 spiro atoms. The minimum Gasteiger partial charge on any atom is -0.236 e. The monoisotopic (exact) mass is 483 g/mol. The van der Waals surface area contributed by atoms with Crippen LogP contribution in [0.5, 0.6) is 0 Å². The summed E-state index contributed by atoms with van der Waals surface area (Å²) in [6.45, 7) is 2.09. The Balaban J connectivity index is 1.39. The van der Waals surface area contributed by atoms with E-state index in [-0.39, 0.29) is 11.6 Å². The highest BCUT2D eigenvalue weighted by Gasteiger charge is 2.42. The average molecular weight is 484 g/mol. The van der Waals surface area contributed by atoms with Crippen molar-refractivity contribution in [3.8, 4) is 11.1 Å². The first-order chi connectivity index (χ1) is 17.1. The van der Waals surface area contributed by atoms with Gasteiger partial charge in [-0.3, -0.25) is 0 Å². The van der Waals surface area contributed by atoms with Crippen molar-refractivity contribution in [3.63, 3.8) is 0 Å². The molecule has 0 amide bonds. The second kappa shape index (κ2) is 7.61. The van der Waals surface area contributed by atoms with Gasteiger partial charge in [0.1, 0.15) is 21.6 Å². The summed E-state index contributed by atoms with van der Waals surface area (Å²) >= 11 is 1.35. The van der Waals surface area contributed by atoms with Gasteiger partial charge in [-0.25, -0.2) is 28.2 Å². The van der Waals surface area contributed by atoms with Crippen LogP contribution in [0.4, 0.5) is 8.78 Å². The maximum absolute atomic E-state index is 13.7. The normalized spacial score (nSPS) is 17.7. The summed E-state index contributed by atoms with van der Waals surface area (Å²) < 4.78 is 29.9. The van der Waals surface area contributed by atoms with E-state index in [1.165, 1.54) is 28.5 Å². The zero-order valence-corrected chi connectivity index (χ0v) is 19.5. The van der Waals surface area contributed by atoms with Gasteiger partial charge in [-0.15, -0.1) is 16.4 Å². The number of hydrogen-bond donors (Lipinski definition) is 0. The molecule has 0 radical (unpaired) electrons. The first kappa shape index (κ1) is 20.6. The van der Waals surface area contributed by atoms with Gasteiger partial charge in [0, 0.05) is 11.3 Å². The number of pyridine rings is 1. The first-order valence-corrected chi connectivity index (χ1v) is 12.3. The van der Waals surface area contributed by atoms with E-state index in [1.807, 2.05) is 30.3 Å². The van der Waals surface area contributed by atoms with E-state index in [2.05, 4.69) is 41.2 Å². The van der Waals surface area contributed by atoms with E-state index < -0.39 is 6.43 Å². The molecule has 2 unspecified atom stereocenters. The molecule has 6 aromatic rings. The van der Waals surface area contributed by atoms with Crippen LogP contribution in [0.1, 0.15) is 47.3 Å². The summed E-state index contributed by atoms with van der Waals surface area (Å²) in [5, 5.41) is 5.50. The van der Waals surface area contributed by atoms with Gasteiger partial charge in [-0.2, -0.15) is 0 Å². The van der Waals surface area contributed by atoms with Crippen molar-refractivity contribution < 1.29 is 8.78 Å². The highest BCUT2D eigenvalue weighted by atomic mass is 32.1. The van der Waals surface area contributed by atoms with Crippen LogP contribution in [0, 0.1) is 6.92 Å². The van der Waals surface area contributed by atoms with Crippen molar-refractivity contribution in [2.45, 2.75) is 31.6 Å². The molecule has 1 saturated carbocycles. The third-order valence-electron chi connectivity index (χ3n) is 6.74.